The molecule has 1 aliphatic heterocycles. The summed E-state index contributed by atoms with van der Waals surface area (Å²) in [7, 11) is 0. The summed E-state index contributed by atoms with van der Waals surface area (Å²) in [6, 6.07) is 30.6. The molecule has 39 heavy (non-hydrogen) atoms. The van der Waals surface area contributed by atoms with Crippen molar-refractivity contribution in [2.75, 3.05) is 16.8 Å². The van der Waals surface area contributed by atoms with Crippen molar-refractivity contribution in [2.24, 2.45) is 0 Å². The highest BCUT2D eigenvalue weighted by Crippen LogP contribution is 2.38. The highest BCUT2D eigenvalue weighted by Gasteiger charge is 2.33. The number of amides is 2. The number of carboxylic acid groups (broad SMARTS) is 1. The number of fused-ring (bicyclic) bond motifs is 1. The number of carbonyl (C=O) groups is 4. The van der Waals surface area contributed by atoms with Gasteiger partial charge in [-0.05, 0) is 53.6 Å². The average Bonchev–Trinajstić information content (AvgIpc) is 3.09. The van der Waals surface area contributed by atoms with Crippen LogP contribution in [0.25, 0.3) is 11.1 Å². The van der Waals surface area contributed by atoms with Crippen LogP contribution in [0.2, 0.25) is 0 Å². The predicted molar refractivity (Wildman–Crippen MR) is 151 cm³/mol. The van der Waals surface area contributed by atoms with Crippen molar-refractivity contribution in [3.8, 4) is 11.1 Å². The van der Waals surface area contributed by atoms with Gasteiger partial charge < -0.3 is 10.4 Å². The van der Waals surface area contributed by atoms with Crippen molar-refractivity contribution in [1.82, 2.24) is 0 Å². The molecule has 0 spiro atoms. The molecule has 194 valence electrons. The highest BCUT2D eigenvalue weighted by atomic mass is 32.2. The zero-order valence-corrected chi connectivity index (χ0v) is 21.6. The molecule has 4 aromatic rings. The number of carboxylic acids is 1. The SMILES string of the molecule is O=C(O)CC1Sc2ccccc2N(C(=O)c2ccc(NC(=O)c3ccccc3-c3ccccc3)cc2)CC1=O. The van der Waals surface area contributed by atoms with Crippen LogP contribution in [0.15, 0.2) is 108 Å². The smallest absolute Gasteiger partial charge is 0.304 e. The number of para-hydroxylation sites is 1. The first-order valence-electron chi connectivity index (χ1n) is 12.3. The molecule has 5 rings (SSSR count). The number of hydrogen-bond acceptors (Lipinski definition) is 5. The monoisotopic (exact) mass is 536 g/mol. The Kier molecular flexibility index (Phi) is 7.56. The van der Waals surface area contributed by atoms with E-state index in [2.05, 4.69) is 5.32 Å². The van der Waals surface area contributed by atoms with Gasteiger partial charge in [-0.2, -0.15) is 0 Å². The van der Waals surface area contributed by atoms with Gasteiger partial charge >= 0.3 is 5.97 Å². The normalized spacial score (nSPS) is 14.7. The molecule has 2 amide bonds. The number of Topliss-reactive ketones (excluding diaryl/α,β-unsaturated/α-hetero) is 1. The Morgan fingerprint density at radius 3 is 2.26 bits per heavy atom. The number of hydrogen-bond donors (Lipinski definition) is 2. The first-order chi connectivity index (χ1) is 18.9. The summed E-state index contributed by atoms with van der Waals surface area (Å²) in [5.74, 6) is -2.06. The minimum Gasteiger partial charge on any atom is -0.481 e. The van der Waals surface area contributed by atoms with Crippen LogP contribution in [0.1, 0.15) is 27.1 Å². The van der Waals surface area contributed by atoms with Gasteiger partial charge in [0, 0.05) is 21.7 Å². The summed E-state index contributed by atoms with van der Waals surface area (Å²) in [6.45, 7) is -0.227. The van der Waals surface area contributed by atoms with Gasteiger partial charge in [-0.3, -0.25) is 24.1 Å². The van der Waals surface area contributed by atoms with Gasteiger partial charge in [-0.25, -0.2) is 0 Å². The van der Waals surface area contributed by atoms with E-state index in [0.29, 0.717) is 27.4 Å². The first kappa shape index (κ1) is 25.9. The number of thioether (sulfide) groups is 1. The lowest BCUT2D eigenvalue weighted by Gasteiger charge is -2.22. The molecule has 0 bridgehead atoms. The molecule has 0 aromatic heterocycles. The van der Waals surface area contributed by atoms with Crippen LogP contribution in [0.4, 0.5) is 11.4 Å². The molecule has 1 unspecified atom stereocenters. The van der Waals surface area contributed by atoms with Crippen LogP contribution in [0.5, 0.6) is 0 Å². The Balaban J connectivity index is 1.35. The van der Waals surface area contributed by atoms with Gasteiger partial charge in [0.15, 0.2) is 5.78 Å². The van der Waals surface area contributed by atoms with Gasteiger partial charge in [-0.15, -0.1) is 11.8 Å². The zero-order valence-electron chi connectivity index (χ0n) is 20.7. The minimum atomic E-state index is -1.07. The average molecular weight is 537 g/mol. The number of carbonyl (C=O) groups excluding carboxylic acids is 3. The molecule has 1 aliphatic rings. The van der Waals surface area contributed by atoms with E-state index in [-0.39, 0.29) is 30.6 Å². The predicted octanol–water partition coefficient (Wildman–Crippen LogP) is 5.77. The molecule has 7 nitrogen and oxygen atoms in total. The maximum absolute atomic E-state index is 13.5. The number of anilines is 2. The molecular weight excluding hydrogens is 512 g/mol. The van der Waals surface area contributed by atoms with Gasteiger partial charge in [0.25, 0.3) is 11.8 Å². The van der Waals surface area contributed by atoms with Crippen LogP contribution in [0, 0.1) is 0 Å². The summed E-state index contributed by atoms with van der Waals surface area (Å²) in [5, 5.41) is 11.3. The molecule has 4 aromatic carbocycles. The molecule has 1 atom stereocenters. The maximum atomic E-state index is 13.5. The van der Waals surface area contributed by atoms with E-state index in [1.54, 1.807) is 54.6 Å². The van der Waals surface area contributed by atoms with Crippen molar-refractivity contribution in [3.63, 3.8) is 0 Å². The number of rotatable bonds is 6. The molecule has 0 fully saturated rings. The van der Waals surface area contributed by atoms with E-state index in [1.807, 2.05) is 48.5 Å². The fourth-order valence-electron chi connectivity index (χ4n) is 4.44. The van der Waals surface area contributed by atoms with E-state index in [1.165, 1.54) is 16.7 Å². The lowest BCUT2D eigenvalue weighted by Crippen LogP contribution is -2.38. The van der Waals surface area contributed by atoms with Crippen molar-refractivity contribution >= 4 is 46.7 Å². The summed E-state index contributed by atoms with van der Waals surface area (Å²) >= 11 is 1.17. The summed E-state index contributed by atoms with van der Waals surface area (Å²) in [5.41, 5.74) is 3.68. The third kappa shape index (κ3) is 5.76. The Morgan fingerprint density at radius 2 is 1.51 bits per heavy atom. The highest BCUT2D eigenvalue weighted by molar-refractivity contribution is 8.00. The minimum absolute atomic E-state index is 0.227. The maximum Gasteiger partial charge on any atom is 0.304 e. The first-order valence-corrected chi connectivity index (χ1v) is 13.2. The van der Waals surface area contributed by atoms with Gasteiger partial charge in [-0.1, -0.05) is 60.7 Å². The number of ketones is 1. The fourth-order valence-corrected chi connectivity index (χ4v) is 5.63. The number of aliphatic carboxylic acids is 1. The van der Waals surface area contributed by atoms with Crippen molar-refractivity contribution in [2.45, 2.75) is 16.6 Å². The summed E-state index contributed by atoms with van der Waals surface area (Å²) < 4.78 is 0. The van der Waals surface area contributed by atoms with E-state index in [4.69, 9.17) is 0 Å². The molecule has 0 aliphatic carbocycles. The van der Waals surface area contributed by atoms with Gasteiger partial charge in [0.1, 0.15) is 0 Å². The molecular formula is C31H24N2O5S. The molecule has 2 N–H and O–H groups in total. The third-order valence-electron chi connectivity index (χ3n) is 6.35. The van der Waals surface area contributed by atoms with Gasteiger partial charge in [0.05, 0.1) is 23.9 Å². The van der Waals surface area contributed by atoms with E-state index in [9.17, 15) is 24.3 Å². The summed E-state index contributed by atoms with van der Waals surface area (Å²) in [6.07, 6.45) is -0.318. The van der Waals surface area contributed by atoms with Crippen LogP contribution in [0.3, 0.4) is 0 Å². The molecule has 0 radical (unpaired) electrons. The Labute approximate surface area is 229 Å². The van der Waals surface area contributed by atoms with Crippen molar-refractivity contribution in [1.29, 1.82) is 0 Å². The second-order valence-corrected chi connectivity index (χ2v) is 10.2. The lowest BCUT2D eigenvalue weighted by molar-refractivity contribution is -0.138. The van der Waals surface area contributed by atoms with Crippen molar-refractivity contribution in [3.05, 3.63) is 114 Å². The molecule has 0 saturated carbocycles. The Bertz CT molecular complexity index is 1550. The van der Waals surface area contributed by atoms with Crippen molar-refractivity contribution < 1.29 is 24.3 Å². The second kappa shape index (κ2) is 11.4. The molecule has 1 heterocycles. The molecule has 8 heteroatoms. The number of nitrogens with zero attached hydrogens (tertiary/aromatic N) is 1. The fraction of sp³-hybridized carbons (Fsp3) is 0.0968. The van der Waals surface area contributed by atoms with E-state index in [0.717, 1.165) is 11.1 Å². The van der Waals surface area contributed by atoms with E-state index >= 15 is 0 Å². The van der Waals surface area contributed by atoms with Crippen LogP contribution in [-0.4, -0.2) is 40.5 Å². The molecule has 0 saturated heterocycles. The summed E-state index contributed by atoms with van der Waals surface area (Å²) in [4.78, 5) is 52.9. The van der Waals surface area contributed by atoms with Crippen LogP contribution >= 0.6 is 11.8 Å². The van der Waals surface area contributed by atoms with Gasteiger partial charge in [0.2, 0.25) is 0 Å². The lowest BCUT2D eigenvalue weighted by atomic mass is 9.99. The number of benzene rings is 4. The number of nitrogens with one attached hydrogen (secondary N) is 1. The Morgan fingerprint density at radius 1 is 0.846 bits per heavy atom. The zero-order chi connectivity index (χ0) is 27.4. The quantitative estimate of drug-likeness (QED) is 0.324. The third-order valence-corrected chi connectivity index (χ3v) is 7.66. The van der Waals surface area contributed by atoms with Crippen LogP contribution in [-0.2, 0) is 9.59 Å². The van der Waals surface area contributed by atoms with E-state index < -0.39 is 11.2 Å². The topological polar surface area (TPSA) is 104 Å². The standard InChI is InChI=1S/C31H24N2O5S/c34-26-19-33(25-12-6-7-13-27(25)39-28(26)18-29(35)36)31(38)21-14-16-22(17-15-21)32-30(37)24-11-5-4-10-23(24)20-8-2-1-3-9-20/h1-17,28H,18-19H2,(H,32,37)(H,35,36). The largest absolute Gasteiger partial charge is 0.481 e. The van der Waals surface area contributed by atoms with Crippen LogP contribution < -0.4 is 10.2 Å². The second-order valence-electron chi connectivity index (χ2n) is 8.97. The Hall–Kier alpha value is -4.69.